The Labute approximate surface area is 119 Å². The molecule has 0 aromatic carbocycles. The molecule has 2 heterocycles. The van der Waals surface area contributed by atoms with Crippen molar-refractivity contribution in [3.63, 3.8) is 0 Å². The van der Waals surface area contributed by atoms with Crippen LogP contribution in [0.4, 0.5) is 0 Å². The van der Waals surface area contributed by atoms with Gasteiger partial charge in [-0.2, -0.15) is 4.98 Å². The van der Waals surface area contributed by atoms with Crippen LogP contribution in [0.2, 0.25) is 0 Å². The van der Waals surface area contributed by atoms with E-state index in [1.165, 1.54) is 0 Å². The molecule has 2 aromatic rings. The van der Waals surface area contributed by atoms with E-state index in [0.29, 0.717) is 23.6 Å². The van der Waals surface area contributed by atoms with Gasteiger partial charge in [0.25, 0.3) is 0 Å². The van der Waals surface area contributed by atoms with Gasteiger partial charge in [0.1, 0.15) is 10.4 Å². The lowest BCUT2D eigenvalue weighted by Crippen LogP contribution is -1.99. The first kappa shape index (κ1) is 12.6. The van der Waals surface area contributed by atoms with Crippen molar-refractivity contribution in [3.8, 4) is 17.1 Å². The molecule has 0 spiro atoms. The fourth-order valence-corrected chi connectivity index (χ4v) is 1.96. The predicted molar refractivity (Wildman–Crippen MR) is 73.0 cm³/mol. The van der Waals surface area contributed by atoms with Gasteiger partial charge in [-0.25, -0.2) is 4.98 Å². The van der Waals surface area contributed by atoms with Gasteiger partial charge in [0.15, 0.2) is 0 Å². The van der Waals surface area contributed by atoms with Gasteiger partial charge in [-0.05, 0) is 34.8 Å². The third kappa shape index (κ3) is 2.78. The lowest BCUT2D eigenvalue weighted by Gasteiger charge is -2.07. The zero-order valence-corrected chi connectivity index (χ0v) is 12.3. The summed E-state index contributed by atoms with van der Waals surface area (Å²) in [5.41, 5.74) is 0.810. The molecule has 100 valence electrons. The fourth-order valence-electron chi connectivity index (χ4n) is 1.63. The third-order valence-electron chi connectivity index (χ3n) is 2.83. The number of nitrogens with zero attached hydrogens (tertiary/aromatic N) is 3. The Balaban J connectivity index is 1.98. The minimum Gasteiger partial charge on any atom is -0.488 e. The molecule has 0 aliphatic heterocycles. The summed E-state index contributed by atoms with van der Waals surface area (Å²) in [4.78, 5) is 8.60. The van der Waals surface area contributed by atoms with Crippen molar-refractivity contribution in [3.05, 3.63) is 22.8 Å². The Morgan fingerprint density at radius 2 is 2.21 bits per heavy atom. The van der Waals surface area contributed by atoms with Crippen LogP contribution in [0.3, 0.4) is 0 Å². The molecular formula is C13H14BrN3O2. The van der Waals surface area contributed by atoms with E-state index in [1.807, 2.05) is 19.9 Å². The van der Waals surface area contributed by atoms with Gasteiger partial charge in [-0.15, -0.1) is 0 Å². The van der Waals surface area contributed by atoms with E-state index in [-0.39, 0.29) is 5.92 Å². The number of ether oxygens (including phenoxy) is 1. The maximum atomic E-state index is 5.83. The average molecular weight is 324 g/mol. The molecule has 0 saturated heterocycles. The van der Waals surface area contributed by atoms with E-state index in [9.17, 15) is 0 Å². The van der Waals surface area contributed by atoms with Crippen molar-refractivity contribution in [2.45, 2.75) is 38.7 Å². The van der Waals surface area contributed by atoms with Crippen LogP contribution in [0.5, 0.6) is 5.75 Å². The zero-order chi connectivity index (χ0) is 13.4. The van der Waals surface area contributed by atoms with Crippen molar-refractivity contribution in [2.75, 3.05) is 0 Å². The average Bonchev–Trinajstić information content (AvgIpc) is 3.05. The van der Waals surface area contributed by atoms with Crippen LogP contribution >= 0.6 is 15.9 Å². The Morgan fingerprint density at radius 3 is 2.84 bits per heavy atom. The van der Waals surface area contributed by atoms with Crippen LogP contribution in [0, 0.1) is 0 Å². The van der Waals surface area contributed by atoms with Gasteiger partial charge < -0.3 is 9.26 Å². The topological polar surface area (TPSA) is 61.0 Å². The summed E-state index contributed by atoms with van der Waals surface area (Å²) in [7, 11) is 0. The quantitative estimate of drug-likeness (QED) is 0.805. The highest BCUT2D eigenvalue weighted by molar-refractivity contribution is 9.10. The summed E-state index contributed by atoms with van der Waals surface area (Å²) in [5.74, 6) is 2.09. The number of rotatable bonds is 4. The lowest BCUT2D eigenvalue weighted by atomic mass is 10.2. The Morgan fingerprint density at radius 1 is 1.42 bits per heavy atom. The zero-order valence-electron chi connectivity index (χ0n) is 10.8. The fraction of sp³-hybridized carbons (Fsp3) is 0.462. The van der Waals surface area contributed by atoms with E-state index in [2.05, 4.69) is 31.1 Å². The van der Waals surface area contributed by atoms with E-state index in [1.54, 1.807) is 6.20 Å². The van der Waals surface area contributed by atoms with Crippen molar-refractivity contribution in [1.29, 1.82) is 0 Å². The van der Waals surface area contributed by atoms with Crippen LogP contribution in [-0.2, 0) is 0 Å². The summed E-state index contributed by atoms with van der Waals surface area (Å²) >= 11 is 3.36. The van der Waals surface area contributed by atoms with E-state index in [0.717, 1.165) is 23.0 Å². The van der Waals surface area contributed by atoms with Crippen molar-refractivity contribution in [2.24, 2.45) is 0 Å². The highest BCUT2D eigenvalue weighted by Gasteiger charge is 2.26. The molecule has 0 bridgehead atoms. The highest BCUT2D eigenvalue weighted by atomic mass is 79.9. The Kier molecular flexibility index (Phi) is 3.26. The second-order valence-electron chi connectivity index (χ2n) is 4.93. The van der Waals surface area contributed by atoms with Gasteiger partial charge in [0, 0.05) is 5.92 Å². The normalized spacial score (nSPS) is 14.9. The molecule has 1 fully saturated rings. The summed E-state index contributed by atoms with van der Waals surface area (Å²) in [5, 5.41) is 4.02. The van der Waals surface area contributed by atoms with E-state index >= 15 is 0 Å². The maximum Gasteiger partial charge on any atom is 0.229 e. The standard InChI is InChI=1S/C13H14BrN3O2/c1-7(2)13-16-12(17-19-13)9-5-11(14)15-6-10(9)18-8-3-4-8/h5-8H,3-4H2,1-2H3. The van der Waals surface area contributed by atoms with Gasteiger partial charge in [-0.3, -0.25) is 0 Å². The van der Waals surface area contributed by atoms with Crippen LogP contribution in [0.1, 0.15) is 38.5 Å². The molecule has 1 aliphatic rings. The largest absolute Gasteiger partial charge is 0.488 e. The van der Waals surface area contributed by atoms with Crippen molar-refractivity contribution >= 4 is 15.9 Å². The van der Waals surface area contributed by atoms with E-state index < -0.39 is 0 Å². The van der Waals surface area contributed by atoms with Gasteiger partial charge >= 0.3 is 0 Å². The highest BCUT2D eigenvalue weighted by Crippen LogP contribution is 2.34. The second-order valence-corrected chi connectivity index (χ2v) is 5.74. The molecule has 0 unspecified atom stereocenters. The molecule has 6 heteroatoms. The van der Waals surface area contributed by atoms with Crippen LogP contribution in [0.15, 0.2) is 21.4 Å². The Hall–Kier alpha value is -1.43. The molecule has 0 atom stereocenters. The molecule has 0 radical (unpaired) electrons. The molecule has 0 N–H and O–H groups in total. The summed E-state index contributed by atoms with van der Waals surface area (Å²) in [6, 6.07) is 1.85. The predicted octanol–water partition coefficient (Wildman–Crippen LogP) is 3.56. The monoisotopic (exact) mass is 323 g/mol. The number of aromatic nitrogens is 3. The second kappa shape index (κ2) is 4.92. The molecule has 19 heavy (non-hydrogen) atoms. The van der Waals surface area contributed by atoms with Crippen LogP contribution in [-0.4, -0.2) is 21.2 Å². The van der Waals surface area contributed by atoms with E-state index in [4.69, 9.17) is 9.26 Å². The van der Waals surface area contributed by atoms with Crippen LogP contribution < -0.4 is 4.74 Å². The third-order valence-corrected chi connectivity index (χ3v) is 3.26. The number of hydrogen-bond acceptors (Lipinski definition) is 5. The van der Waals surface area contributed by atoms with Gasteiger partial charge in [0.2, 0.25) is 11.7 Å². The molecular weight excluding hydrogens is 310 g/mol. The first-order valence-electron chi connectivity index (χ1n) is 6.29. The number of pyridine rings is 1. The van der Waals surface area contributed by atoms with Crippen molar-refractivity contribution < 1.29 is 9.26 Å². The molecule has 5 nitrogen and oxygen atoms in total. The summed E-state index contributed by atoms with van der Waals surface area (Å²) in [6.07, 6.45) is 4.19. The summed E-state index contributed by atoms with van der Waals surface area (Å²) in [6.45, 7) is 4.03. The minimum absolute atomic E-state index is 0.208. The molecule has 2 aromatic heterocycles. The first-order valence-corrected chi connectivity index (χ1v) is 7.09. The minimum atomic E-state index is 0.208. The number of hydrogen-bond donors (Lipinski definition) is 0. The molecule has 0 amide bonds. The smallest absolute Gasteiger partial charge is 0.229 e. The van der Waals surface area contributed by atoms with Crippen LogP contribution in [0.25, 0.3) is 11.4 Å². The maximum absolute atomic E-state index is 5.83. The first-order chi connectivity index (χ1) is 9.13. The van der Waals surface area contributed by atoms with Crippen molar-refractivity contribution in [1.82, 2.24) is 15.1 Å². The van der Waals surface area contributed by atoms with Gasteiger partial charge in [-0.1, -0.05) is 19.0 Å². The summed E-state index contributed by atoms with van der Waals surface area (Å²) < 4.78 is 11.8. The number of halogens is 1. The Bertz CT molecular complexity index is 593. The lowest BCUT2D eigenvalue weighted by molar-refractivity contribution is 0.302. The van der Waals surface area contributed by atoms with Gasteiger partial charge in [0.05, 0.1) is 17.9 Å². The molecule has 1 saturated carbocycles. The SMILES string of the molecule is CC(C)c1nc(-c2cc(Br)ncc2OC2CC2)no1. The molecule has 3 rings (SSSR count). The molecule has 1 aliphatic carbocycles.